The highest BCUT2D eigenvalue weighted by atomic mass is 19.1. The van der Waals surface area contributed by atoms with E-state index in [1.165, 1.54) is 12.1 Å². The van der Waals surface area contributed by atoms with Crippen LogP contribution in [0.1, 0.15) is 23.1 Å². The summed E-state index contributed by atoms with van der Waals surface area (Å²) in [5.41, 5.74) is 2.71. The number of nitrogens with one attached hydrogen (secondary N) is 1. The van der Waals surface area contributed by atoms with Crippen LogP contribution >= 0.6 is 0 Å². The highest BCUT2D eigenvalue weighted by Gasteiger charge is 2.23. The van der Waals surface area contributed by atoms with Crippen LogP contribution in [0.25, 0.3) is 22.4 Å². The summed E-state index contributed by atoms with van der Waals surface area (Å²) in [7, 11) is 1.55. The fourth-order valence-electron chi connectivity index (χ4n) is 3.08. The zero-order valence-corrected chi connectivity index (χ0v) is 17.1. The molecule has 0 saturated carbocycles. The highest BCUT2D eigenvalue weighted by Crippen LogP contribution is 2.35. The minimum absolute atomic E-state index is 0.0893. The Morgan fingerprint density at radius 3 is 2.65 bits per heavy atom. The van der Waals surface area contributed by atoms with Gasteiger partial charge in [0.25, 0.3) is 5.71 Å². The van der Waals surface area contributed by atoms with Crippen molar-refractivity contribution in [2.45, 2.75) is 13.8 Å². The Bertz CT molecular complexity index is 1250. The van der Waals surface area contributed by atoms with Crippen LogP contribution in [0.5, 0.6) is 5.75 Å². The molecule has 0 saturated heterocycles. The third-order valence-corrected chi connectivity index (χ3v) is 4.52. The van der Waals surface area contributed by atoms with Crippen LogP contribution in [0.4, 0.5) is 15.9 Å². The Morgan fingerprint density at radius 2 is 1.94 bits per heavy atom. The van der Waals surface area contributed by atoms with E-state index in [1.54, 1.807) is 26.2 Å². The second kappa shape index (κ2) is 8.39. The van der Waals surface area contributed by atoms with Crippen LogP contribution in [-0.4, -0.2) is 34.8 Å². The molecule has 0 aliphatic heterocycles. The lowest BCUT2D eigenvalue weighted by atomic mass is 10.1. The van der Waals surface area contributed by atoms with Crippen LogP contribution in [-0.2, 0) is 4.74 Å². The van der Waals surface area contributed by atoms with E-state index in [4.69, 9.17) is 14.0 Å². The van der Waals surface area contributed by atoms with E-state index in [2.05, 4.69) is 20.4 Å². The summed E-state index contributed by atoms with van der Waals surface area (Å²) in [6.45, 7) is 3.80. The second-order valence-electron chi connectivity index (χ2n) is 6.66. The fourth-order valence-corrected chi connectivity index (χ4v) is 3.08. The number of anilines is 2. The highest BCUT2D eigenvalue weighted by molar-refractivity contribution is 6.01. The van der Waals surface area contributed by atoms with Gasteiger partial charge in [-0.15, -0.1) is 0 Å². The molecule has 2 aromatic carbocycles. The molecule has 1 N–H and O–H groups in total. The van der Waals surface area contributed by atoms with Gasteiger partial charge < -0.3 is 19.3 Å². The first-order valence-electron chi connectivity index (χ1n) is 9.52. The number of rotatable bonds is 6. The number of carbonyl (C=O) groups excluding carboxylic acids is 1. The van der Waals surface area contributed by atoms with Gasteiger partial charge in [-0.1, -0.05) is 11.2 Å². The van der Waals surface area contributed by atoms with Crippen molar-refractivity contribution in [2.24, 2.45) is 0 Å². The van der Waals surface area contributed by atoms with Gasteiger partial charge in [0.15, 0.2) is 0 Å². The van der Waals surface area contributed by atoms with Crippen molar-refractivity contribution in [3.05, 3.63) is 59.7 Å². The van der Waals surface area contributed by atoms with Crippen LogP contribution < -0.4 is 10.1 Å². The predicted octanol–water partition coefficient (Wildman–Crippen LogP) is 4.66. The summed E-state index contributed by atoms with van der Waals surface area (Å²) in [6, 6.07) is 11.4. The zero-order valence-electron chi connectivity index (χ0n) is 17.1. The van der Waals surface area contributed by atoms with Gasteiger partial charge in [-0.25, -0.2) is 14.2 Å². The number of esters is 1. The van der Waals surface area contributed by atoms with Gasteiger partial charge >= 0.3 is 5.97 Å². The first-order chi connectivity index (χ1) is 15.0. The molecule has 0 radical (unpaired) electrons. The summed E-state index contributed by atoms with van der Waals surface area (Å²) >= 11 is 0. The molecule has 9 heteroatoms. The lowest BCUT2D eigenvalue weighted by Gasteiger charge is -2.13. The Labute approximate surface area is 177 Å². The smallest absolute Gasteiger partial charge is 0.376 e. The van der Waals surface area contributed by atoms with Gasteiger partial charge in [0.05, 0.1) is 19.4 Å². The third-order valence-electron chi connectivity index (χ3n) is 4.52. The molecular weight excluding hydrogens is 403 g/mol. The van der Waals surface area contributed by atoms with E-state index in [0.29, 0.717) is 28.1 Å². The molecule has 158 valence electrons. The van der Waals surface area contributed by atoms with Crippen LogP contribution in [0.3, 0.4) is 0 Å². The Hall–Kier alpha value is -4.01. The maximum atomic E-state index is 13.4. The van der Waals surface area contributed by atoms with Crippen LogP contribution in [0.15, 0.2) is 47.0 Å². The Morgan fingerprint density at radius 1 is 1.16 bits per heavy atom. The molecule has 0 fully saturated rings. The van der Waals surface area contributed by atoms with Crippen molar-refractivity contribution in [3.8, 4) is 17.0 Å². The normalized spacial score (nSPS) is 10.8. The maximum absolute atomic E-state index is 13.4. The van der Waals surface area contributed by atoms with Crippen molar-refractivity contribution in [3.63, 3.8) is 0 Å². The van der Waals surface area contributed by atoms with E-state index in [1.807, 2.05) is 25.1 Å². The summed E-state index contributed by atoms with van der Waals surface area (Å²) in [4.78, 5) is 20.8. The summed E-state index contributed by atoms with van der Waals surface area (Å²) in [5.74, 6) is -0.388. The summed E-state index contributed by atoms with van der Waals surface area (Å²) in [5, 5.41) is 7.71. The van der Waals surface area contributed by atoms with Gasteiger partial charge in [0.1, 0.15) is 28.5 Å². The molecule has 0 spiro atoms. The second-order valence-corrected chi connectivity index (χ2v) is 6.66. The topological polar surface area (TPSA) is 99.4 Å². The molecule has 0 aliphatic carbocycles. The molecule has 4 aromatic rings. The van der Waals surface area contributed by atoms with E-state index < -0.39 is 5.97 Å². The van der Waals surface area contributed by atoms with E-state index in [0.717, 1.165) is 5.56 Å². The monoisotopic (exact) mass is 422 g/mol. The van der Waals surface area contributed by atoms with E-state index in [9.17, 15) is 9.18 Å². The molecule has 0 aliphatic rings. The number of hydrogen-bond donors (Lipinski definition) is 1. The molecule has 0 unspecified atom stereocenters. The van der Waals surface area contributed by atoms with Crippen molar-refractivity contribution < 1.29 is 23.2 Å². The fraction of sp³-hybridized carbons (Fsp3) is 0.182. The number of fused-ring (bicyclic) bond motifs is 1. The van der Waals surface area contributed by atoms with Gasteiger partial charge in [0, 0.05) is 5.56 Å². The molecule has 0 atom stereocenters. The van der Waals surface area contributed by atoms with Gasteiger partial charge in [-0.3, -0.25) is 0 Å². The minimum Gasteiger partial charge on any atom is -0.495 e. The Kier molecular flexibility index (Phi) is 5.48. The maximum Gasteiger partial charge on any atom is 0.376 e. The number of benzene rings is 2. The number of aryl methyl sites for hydroxylation is 1. The predicted molar refractivity (Wildman–Crippen MR) is 112 cm³/mol. The number of ether oxygens (including phenoxy) is 2. The molecule has 31 heavy (non-hydrogen) atoms. The van der Waals surface area contributed by atoms with Gasteiger partial charge in [-0.2, -0.15) is 4.98 Å². The number of halogens is 1. The summed E-state index contributed by atoms with van der Waals surface area (Å²) in [6.07, 6.45) is 0. The van der Waals surface area contributed by atoms with E-state index >= 15 is 0 Å². The van der Waals surface area contributed by atoms with Crippen molar-refractivity contribution in [2.75, 3.05) is 19.0 Å². The van der Waals surface area contributed by atoms with Gasteiger partial charge in [-0.05, 0) is 55.8 Å². The summed E-state index contributed by atoms with van der Waals surface area (Å²) < 4.78 is 29.2. The van der Waals surface area contributed by atoms with Crippen LogP contribution in [0.2, 0.25) is 0 Å². The molecule has 2 aromatic heterocycles. The number of aromatic nitrogens is 3. The van der Waals surface area contributed by atoms with Crippen molar-refractivity contribution >= 4 is 28.6 Å². The third kappa shape index (κ3) is 4.02. The van der Waals surface area contributed by atoms with Gasteiger partial charge in [0.2, 0.25) is 5.82 Å². The number of methoxy groups -OCH3 is 1. The standard InChI is InChI=1S/C22H19FN4O4/c1-4-30-22(28)20-25-19(24-15-11-12(2)5-10-16(15)29-3)17-18(27-31-21(17)26-20)13-6-8-14(23)9-7-13/h5-11H,4H2,1-3H3,(H,24,25,26). The van der Waals surface area contributed by atoms with E-state index in [-0.39, 0.29) is 29.8 Å². The lowest BCUT2D eigenvalue weighted by molar-refractivity contribution is 0.0512. The molecule has 8 nitrogen and oxygen atoms in total. The molecule has 0 amide bonds. The number of carbonyl (C=O) groups is 1. The molecule has 0 bridgehead atoms. The average molecular weight is 422 g/mol. The Balaban J connectivity index is 1.91. The molecule has 4 rings (SSSR count). The first-order valence-corrected chi connectivity index (χ1v) is 9.52. The average Bonchev–Trinajstić information content (AvgIpc) is 3.19. The minimum atomic E-state index is -0.691. The molecule has 2 heterocycles. The zero-order chi connectivity index (χ0) is 22.0. The number of nitrogens with zero attached hydrogens (tertiary/aromatic N) is 3. The van der Waals surface area contributed by atoms with Crippen molar-refractivity contribution in [1.82, 2.24) is 15.1 Å². The quantitative estimate of drug-likeness (QED) is 0.448. The number of hydrogen-bond acceptors (Lipinski definition) is 8. The SMILES string of the molecule is CCOC(=O)c1nc(Nc2cc(C)ccc2OC)c2c(-c3ccc(F)cc3)noc2n1. The lowest BCUT2D eigenvalue weighted by Crippen LogP contribution is -2.11. The largest absolute Gasteiger partial charge is 0.495 e. The molecular formula is C22H19FN4O4. The van der Waals surface area contributed by atoms with Crippen molar-refractivity contribution in [1.29, 1.82) is 0 Å². The van der Waals surface area contributed by atoms with Crippen LogP contribution in [0, 0.1) is 12.7 Å². The first kappa shape index (κ1) is 20.3.